The molecule has 0 radical (unpaired) electrons. The quantitative estimate of drug-likeness (QED) is 0.921. The van der Waals surface area contributed by atoms with Gasteiger partial charge in [-0.05, 0) is 29.8 Å². The van der Waals surface area contributed by atoms with Crippen LogP contribution in [-0.2, 0) is 6.61 Å². The van der Waals surface area contributed by atoms with Gasteiger partial charge < -0.3 is 9.84 Å². The fraction of sp³-hybridized carbons (Fsp3) is 0.0769. The predicted octanol–water partition coefficient (Wildman–Crippen LogP) is 3.01. The van der Waals surface area contributed by atoms with Gasteiger partial charge in [0.05, 0.1) is 0 Å². The summed E-state index contributed by atoms with van der Waals surface area (Å²) in [5.74, 6) is -0.860. The van der Waals surface area contributed by atoms with Crippen molar-refractivity contribution in [2.75, 3.05) is 0 Å². The van der Waals surface area contributed by atoms with E-state index >= 15 is 0 Å². The third kappa shape index (κ3) is 2.99. The van der Waals surface area contributed by atoms with Crippen LogP contribution in [0.1, 0.15) is 16.1 Å². The summed E-state index contributed by atoms with van der Waals surface area (Å²) in [6.07, 6.45) is 1.42. The van der Waals surface area contributed by atoms with Crippen LogP contribution in [-0.4, -0.2) is 16.1 Å². The zero-order valence-electron chi connectivity index (χ0n) is 9.34. The van der Waals surface area contributed by atoms with Gasteiger partial charge >= 0.3 is 5.97 Å². The van der Waals surface area contributed by atoms with E-state index in [4.69, 9.17) is 21.4 Å². The third-order valence-corrected chi connectivity index (χ3v) is 2.53. The van der Waals surface area contributed by atoms with Gasteiger partial charge in [-0.2, -0.15) is 0 Å². The lowest BCUT2D eigenvalue weighted by molar-refractivity contribution is 0.0685. The Morgan fingerprint density at radius 3 is 2.67 bits per heavy atom. The number of pyridine rings is 1. The minimum absolute atomic E-state index is 0.0912. The molecule has 0 atom stereocenters. The predicted molar refractivity (Wildman–Crippen MR) is 67.0 cm³/mol. The van der Waals surface area contributed by atoms with Crippen molar-refractivity contribution in [1.82, 2.24) is 4.98 Å². The largest absolute Gasteiger partial charge is 0.486 e. The van der Waals surface area contributed by atoms with Crippen LogP contribution in [0.25, 0.3) is 0 Å². The molecule has 92 valence electrons. The maximum Gasteiger partial charge on any atom is 0.358 e. The Hall–Kier alpha value is -2.07. The highest BCUT2D eigenvalue weighted by Crippen LogP contribution is 2.17. The van der Waals surface area contributed by atoms with Crippen molar-refractivity contribution < 1.29 is 14.6 Å². The van der Waals surface area contributed by atoms with Gasteiger partial charge in [0.15, 0.2) is 11.4 Å². The van der Waals surface area contributed by atoms with Crippen molar-refractivity contribution >= 4 is 17.6 Å². The van der Waals surface area contributed by atoms with Crippen LogP contribution in [0, 0.1) is 0 Å². The maximum absolute atomic E-state index is 10.9. The van der Waals surface area contributed by atoms with E-state index < -0.39 is 5.97 Å². The number of hydrogen-bond donors (Lipinski definition) is 1. The van der Waals surface area contributed by atoms with Crippen LogP contribution in [0.5, 0.6) is 5.75 Å². The van der Waals surface area contributed by atoms with Gasteiger partial charge in [0.25, 0.3) is 0 Å². The van der Waals surface area contributed by atoms with Crippen LogP contribution in [0.2, 0.25) is 5.02 Å². The number of hydrogen-bond acceptors (Lipinski definition) is 3. The summed E-state index contributed by atoms with van der Waals surface area (Å²) in [6.45, 7) is 0.267. The van der Waals surface area contributed by atoms with E-state index in [0.717, 1.165) is 5.56 Å². The van der Waals surface area contributed by atoms with Crippen molar-refractivity contribution in [3.8, 4) is 5.75 Å². The van der Waals surface area contributed by atoms with Gasteiger partial charge in [-0.25, -0.2) is 9.78 Å². The second kappa shape index (κ2) is 5.51. The molecule has 0 aliphatic carbocycles. The highest BCUT2D eigenvalue weighted by atomic mass is 35.5. The van der Waals surface area contributed by atoms with E-state index in [1.165, 1.54) is 6.20 Å². The van der Waals surface area contributed by atoms with Gasteiger partial charge in [0.2, 0.25) is 0 Å². The van der Waals surface area contributed by atoms with Crippen molar-refractivity contribution in [3.05, 3.63) is 58.9 Å². The molecular weight excluding hydrogens is 254 g/mol. The molecule has 1 aromatic heterocycles. The van der Waals surface area contributed by atoms with Gasteiger partial charge in [0, 0.05) is 11.2 Å². The molecule has 0 spiro atoms. The average molecular weight is 264 g/mol. The number of carboxylic acid groups (broad SMARTS) is 1. The first-order valence-electron chi connectivity index (χ1n) is 5.22. The SMILES string of the molecule is O=C(O)c1ncccc1OCc1ccc(Cl)cc1. The lowest BCUT2D eigenvalue weighted by Crippen LogP contribution is -2.05. The highest BCUT2D eigenvalue weighted by molar-refractivity contribution is 6.30. The highest BCUT2D eigenvalue weighted by Gasteiger charge is 2.11. The first-order valence-corrected chi connectivity index (χ1v) is 5.60. The topological polar surface area (TPSA) is 59.4 Å². The zero-order chi connectivity index (χ0) is 13.0. The molecule has 5 heteroatoms. The van der Waals surface area contributed by atoms with E-state index in [2.05, 4.69) is 4.98 Å². The summed E-state index contributed by atoms with van der Waals surface area (Å²) in [4.78, 5) is 14.7. The molecule has 0 fully saturated rings. The van der Waals surface area contributed by atoms with E-state index in [0.29, 0.717) is 5.02 Å². The van der Waals surface area contributed by atoms with Crippen molar-refractivity contribution in [2.24, 2.45) is 0 Å². The first kappa shape index (κ1) is 12.4. The van der Waals surface area contributed by atoms with Crippen LogP contribution in [0.3, 0.4) is 0 Å². The zero-order valence-corrected chi connectivity index (χ0v) is 10.1. The molecule has 0 saturated carbocycles. The molecule has 0 amide bonds. The molecule has 0 bridgehead atoms. The van der Waals surface area contributed by atoms with Crippen molar-refractivity contribution in [1.29, 1.82) is 0 Å². The molecule has 1 N–H and O–H groups in total. The summed E-state index contributed by atoms with van der Waals surface area (Å²) >= 11 is 5.77. The number of rotatable bonds is 4. The summed E-state index contributed by atoms with van der Waals surface area (Å²) in [7, 11) is 0. The lowest BCUT2D eigenvalue weighted by Gasteiger charge is -2.08. The Labute approximate surface area is 109 Å². The second-order valence-corrected chi connectivity index (χ2v) is 4.01. The molecule has 4 nitrogen and oxygen atoms in total. The number of ether oxygens (including phenoxy) is 1. The molecular formula is C13H10ClNO3. The average Bonchev–Trinajstić information content (AvgIpc) is 2.38. The number of benzene rings is 1. The van der Waals surface area contributed by atoms with Crippen LogP contribution in [0.4, 0.5) is 0 Å². The van der Waals surface area contributed by atoms with Crippen LogP contribution < -0.4 is 4.74 Å². The Morgan fingerprint density at radius 2 is 2.00 bits per heavy atom. The van der Waals surface area contributed by atoms with Crippen molar-refractivity contribution in [3.63, 3.8) is 0 Å². The van der Waals surface area contributed by atoms with E-state index in [1.54, 1.807) is 24.3 Å². The minimum atomic E-state index is -1.11. The third-order valence-electron chi connectivity index (χ3n) is 2.28. The smallest absolute Gasteiger partial charge is 0.358 e. The molecule has 0 saturated heterocycles. The van der Waals surface area contributed by atoms with E-state index in [1.807, 2.05) is 12.1 Å². The molecule has 1 aromatic carbocycles. The minimum Gasteiger partial charge on any atom is -0.486 e. The summed E-state index contributed by atoms with van der Waals surface area (Å²) in [5.41, 5.74) is 0.811. The van der Waals surface area contributed by atoms with Crippen LogP contribution >= 0.6 is 11.6 Å². The fourth-order valence-electron chi connectivity index (χ4n) is 1.41. The van der Waals surface area contributed by atoms with Crippen molar-refractivity contribution in [2.45, 2.75) is 6.61 Å². The number of carboxylic acids is 1. The Morgan fingerprint density at radius 1 is 1.28 bits per heavy atom. The Balaban J connectivity index is 2.10. The number of halogens is 1. The molecule has 0 unspecified atom stereocenters. The first-order chi connectivity index (χ1) is 8.66. The molecule has 0 aliphatic heterocycles. The molecule has 18 heavy (non-hydrogen) atoms. The fourth-order valence-corrected chi connectivity index (χ4v) is 1.54. The van der Waals surface area contributed by atoms with E-state index in [-0.39, 0.29) is 18.1 Å². The standard InChI is InChI=1S/C13H10ClNO3/c14-10-5-3-9(4-6-10)8-18-11-2-1-7-15-12(11)13(16)17/h1-7H,8H2,(H,16,17). The number of aromatic nitrogens is 1. The Kier molecular flexibility index (Phi) is 3.79. The number of carbonyl (C=O) groups is 1. The van der Waals surface area contributed by atoms with Gasteiger partial charge in [-0.15, -0.1) is 0 Å². The van der Waals surface area contributed by atoms with Gasteiger partial charge in [0.1, 0.15) is 6.61 Å². The normalized spacial score (nSPS) is 10.1. The molecule has 1 heterocycles. The summed E-state index contributed by atoms with van der Waals surface area (Å²) in [5, 5.41) is 9.58. The monoisotopic (exact) mass is 263 g/mol. The Bertz CT molecular complexity index is 554. The summed E-state index contributed by atoms with van der Waals surface area (Å²) < 4.78 is 5.44. The van der Waals surface area contributed by atoms with Crippen LogP contribution in [0.15, 0.2) is 42.6 Å². The number of nitrogens with zero attached hydrogens (tertiary/aromatic N) is 1. The number of aromatic carboxylic acids is 1. The molecule has 0 aliphatic rings. The maximum atomic E-state index is 10.9. The van der Waals surface area contributed by atoms with Gasteiger partial charge in [-0.1, -0.05) is 23.7 Å². The van der Waals surface area contributed by atoms with Gasteiger partial charge in [-0.3, -0.25) is 0 Å². The molecule has 2 aromatic rings. The summed E-state index contributed by atoms with van der Waals surface area (Å²) in [6, 6.07) is 10.3. The lowest BCUT2D eigenvalue weighted by atomic mass is 10.2. The second-order valence-electron chi connectivity index (χ2n) is 3.57. The molecule has 2 rings (SSSR count). The van der Waals surface area contributed by atoms with E-state index in [9.17, 15) is 4.79 Å².